The molecule has 0 aromatic carbocycles. The van der Waals surface area contributed by atoms with E-state index in [2.05, 4.69) is 18.7 Å². The average molecular weight is 252 g/mol. The predicted octanol–water partition coefficient (Wildman–Crippen LogP) is 2.40. The lowest BCUT2D eigenvalue weighted by Gasteiger charge is -2.34. The zero-order valence-corrected chi connectivity index (χ0v) is 11.9. The summed E-state index contributed by atoms with van der Waals surface area (Å²) in [4.78, 5) is 14.8. The van der Waals surface area contributed by atoms with Crippen molar-refractivity contribution < 1.29 is 4.79 Å². The van der Waals surface area contributed by atoms with Crippen LogP contribution in [0, 0.1) is 17.8 Å². The smallest absolute Gasteiger partial charge is 0.226 e. The first-order chi connectivity index (χ1) is 8.71. The van der Waals surface area contributed by atoms with E-state index in [1.807, 2.05) is 0 Å². The molecule has 0 spiro atoms. The minimum Gasteiger partial charge on any atom is -0.338 e. The maximum Gasteiger partial charge on any atom is 0.226 e. The molecule has 0 saturated heterocycles. The van der Waals surface area contributed by atoms with Gasteiger partial charge in [-0.25, -0.2) is 0 Å². The van der Waals surface area contributed by atoms with E-state index >= 15 is 0 Å². The van der Waals surface area contributed by atoms with Crippen molar-refractivity contribution in [3.8, 4) is 0 Å². The lowest BCUT2D eigenvalue weighted by Crippen LogP contribution is -2.46. The normalized spacial score (nSPS) is 30.1. The summed E-state index contributed by atoms with van der Waals surface area (Å²) in [6.07, 6.45) is 7.17. The van der Waals surface area contributed by atoms with Crippen LogP contribution in [0.1, 0.15) is 52.4 Å². The fourth-order valence-corrected chi connectivity index (χ4v) is 4.10. The van der Waals surface area contributed by atoms with Gasteiger partial charge in [-0.2, -0.15) is 0 Å². The van der Waals surface area contributed by atoms with E-state index in [9.17, 15) is 4.79 Å². The Morgan fingerprint density at radius 3 is 2.44 bits per heavy atom. The fourth-order valence-electron chi connectivity index (χ4n) is 4.10. The highest BCUT2D eigenvalue weighted by Gasteiger charge is 2.44. The summed E-state index contributed by atoms with van der Waals surface area (Å²) in [5, 5.41) is 0. The summed E-state index contributed by atoms with van der Waals surface area (Å²) < 4.78 is 0. The number of nitrogens with two attached hydrogens (primary N) is 1. The van der Waals surface area contributed by atoms with Crippen molar-refractivity contribution in [2.24, 2.45) is 23.5 Å². The molecule has 2 saturated carbocycles. The summed E-state index contributed by atoms with van der Waals surface area (Å²) in [6, 6.07) is 0.389. The quantitative estimate of drug-likeness (QED) is 0.789. The van der Waals surface area contributed by atoms with Crippen LogP contribution in [0.3, 0.4) is 0 Å². The maximum atomic E-state index is 12.8. The summed E-state index contributed by atoms with van der Waals surface area (Å²) in [7, 11) is 0. The molecule has 1 amide bonds. The zero-order chi connectivity index (χ0) is 13.1. The van der Waals surface area contributed by atoms with Crippen molar-refractivity contribution in [2.75, 3.05) is 13.1 Å². The largest absolute Gasteiger partial charge is 0.338 e. The molecule has 0 radical (unpaired) electrons. The number of amides is 1. The first kappa shape index (κ1) is 13.9. The molecule has 2 aliphatic rings. The second kappa shape index (κ2) is 6.05. The summed E-state index contributed by atoms with van der Waals surface area (Å²) >= 11 is 0. The van der Waals surface area contributed by atoms with Crippen LogP contribution in [0.15, 0.2) is 0 Å². The standard InChI is InChI=1S/C15H28N2O/c1-3-13(4-2)17(8-7-16)15(18)14-10-11-5-6-12(14)9-11/h11-14H,3-10,16H2,1-2H3. The predicted molar refractivity (Wildman–Crippen MR) is 74.1 cm³/mol. The number of fused-ring (bicyclic) bond motifs is 2. The Labute approximate surface area is 111 Å². The lowest BCUT2D eigenvalue weighted by molar-refractivity contribution is -0.139. The van der Waals surface area contributed by atoms with E-state index in [0.29, 0.717) is 30.3 Å². The first-order valence-electron chi connectivity index (χ1n) is 7.71. The topological polar surface area (TPSA) is 46.3 Å². The van der Waals surface area contributed by atoms with Crippen LogP contribution >= 0.6 is 0 Å². The van der Waals surface area contributed by atoms with Crippen LogP contribution in [0.4, 0.5) is 0 Å². The third kappa shape index (κ3) is 2.56. The number of nitrogens with zero attached hydrogens (tertiary/aromatic N) is 1. The SMILES string of the molecule is CCC(CC)N(CCN)C(=O)C1CC2CCC1C2. The molecule has 2 bridgehead atoms. The molecule has 2 aliphatic carbocycles. The van der Waals surface area contributed by atoms with Gasteiger partial charge in [0.2, 0.25) is 5.91 Å². The number of rotatable bonds is 6. The molecule has 0 aromatic rings. The Bertz CT molecular complexity index is 288. The monoisotopic (exact) mass is 252 g/mol. The van der Waals surface area contributed by atoms with Gasteiger partial charge >= 0.3 is 0 Å². The minimum atomic E-state index is 0.316. The Morgan fingerprint density at radius 2 is 2.00 bits per heavy atom. The van der Waals surface area contributed by atoms with Gasteiger partial charge in [0.05, 0.1) is 0 Å². The summed E-state index contributed by atoms with van der Waals surface area (Å²) in [6.45, 7) is 5.67. The lowest BCUT2D eigenvalue weighted by atomic mass is 9.87. The van der Waals surface area contributed by atoms with Gasteiger partial charge in [0.1, 0.15) is 0 Å². The van der Waals surface area contributed by atoms with Crippen LogP contribution < -0.4 is 5.73 Å². The average Bonchev–Trinajstić information content (AvgIpc) is 3.00. The molecule has 3 atom stereocenters. The number of hydrogen-bond donors (Lipinski definition) is 1. The second-order valence-electron chi connectivity index (χ2n) is 6.07. The van der Waals surface area contributed by atoms with Gasteiger partial charge in [0, 0.05) is 25.0 Å². The van der Waals surface area contributed by atoms with Crippen LogP contribution in [-0.2, 0) is 4.79 Å². The van der Waals surface area contributed by atoms with E-state index < -0.39 is 0 Å². The van der Waals surface area contributed by atoms with Crippen molar-refractivity contribution in [3.63, 3.8) is 0 Å². The third-order valence-corrected chi connectivity index (χ3v) is 5.09. The Morgan fingerprint density at radius 1 is 1.28 bits per heavy atom. The molecule has 2 rings (SSSR count). The Hall–Kier alpha value is -0.570. The van der Waals surface area contributed by atoms with Crippen molar-refractivity contribution >= 4 is 5.91 Å². The van der Waals surface area contributed by atoms with Gasteiger partial charge in [-0.3, -0.25) is 4.79 Å². The molecule has 18 heavy (non-hydrogen) atoms. The molecule has 104 valence electrons. The second-order valence-corrected chi connectivity index (χ2v) is 6.07. The van der Waals surface area contributed by atoms with E-state index in [-0.39, 0.29) is 0 Å². The highest BCUT2D eigenvalue weighted by molar-refractivity contribution is 5.80. The highest BCUT2D eigenvalue weighted by atomic mass is 16.2. The minimum absolute atomic E-state index is 0.316. The van der Waals surface area contributed by atoms with Crippen molar-refractivity contribution in [3.05, 3.63) is 0 Å². The molecule has 0 heterocycles. The number of carbonyl (C=O) groups excluding carboxylic acids is 1. The molecular formula is C15H28N2O. The molecule has 3 unspecified atom stereocenters. The van der Waals surface area contributed by atoms with Crippen LogP contribution in [-0.4, -0.2) is 29.9 Å². The maximum absolute atomic E-state index is 12.8. The Kier molecular flexibility index (Phi) is 4.66. The van der Waals surface area contributed by atoms with Gasteiger partial charge in [-0.15, -0.1) is 0 Å². The molecule has 3 heteroatoms. The summed E-state index contributed by atoms with van der Waals surface area (Å²) in [5.41, 5.74) is 5.70. The van der Waals surface area contributed by atoms with Gasteiger partial charge in [0.15, 0.2) is 0 Å². The highest BCUT2D eigenvalue weighted by Crippen LogP contribution is 2.49. The molecule has 0 aromatic heterocycles. The van der Waals surface area contributed by atoms with Gasteiger partial charge in [-0.05, 0) is 43.9 Å². The van der Waals surface area contributed by atoms with Crippen LogP contribution in [0.2, 0.25) is 0 Å². The fraction of sp³-hybridized carbons (Fsp3) is 0.933. The van der Waals surface area contributed by atoms with E-state index in [4.69, 9.17) is 5.73 Å². The van der Waals surface area contributed by atoms with Gasteiger partial charge in [0.25, 0.3) is 0 Å². The third-order valence-electron chi connectivity index (χ3n) is 5.09. The van der Waals surface area contributed by atoms with Gasteiger partial charge in [-0.1, -0.05) is 20.3 Å². The van der Waals surface area contributed by atoms with Crippen molar-refractivity contribution in [1.29, 1.82) is 0 Å². The number of hydrogen-bond acceptors (Lipinski definition) is 2. The van der Waals surface area contributed by atoms with E-state index in [1.54, 1.807) is 0 Å². The van der Waals surface area contributed by atoms with Crippen molar-refractivity contribution in [1.82, 2.24) is 4.90 Å². The summed E-state index contributed by atoms with van der Waals surface area (Å²) in [5.74, 6) is 2.24. The van der Waals surface area contributed by atoms with E-state index in [0.717, 1.165) is 31.7 Å². The molecule has 3 nitrogen and oxygen atoms in total. The van der Waals surface area contributed by atoms with E-state index in [1.165, 1.54) is 19.3 Å². The van der Waals surface area contributed by atoms with Crippen molar-refractivity contribution in [2.45, 2.75) is 58.4 Å². The molecular weight excluding hydrogens is 224 g/mol. The first-order valence-corrected chi connectivity index (χ1v) is 7.71. The zero-order valence-electron chi connectivity index (χ0n) is 11.9. The van der Waals surface area contributed by atoms with Crippen LogP contribution in [0.25, 0.3) is 0 Å². The molecule has 2 N–H and O–H groups in total. The molecule has 2 fully saturated rings. The van der Waals surface area contributed by atoms with Crippen LogP contribution in [0.5, 0.6) is 0 Å². The van der Waals surface area contributed by atoms with Gasteiger partial charge < -0.3 is 10.6 Å². The number of carbonyl (C=O) groups is 1. The Balaban J connectivity index is 2.03. The molecule has 0 aliphatic heterocycles.